The lowest BCUT2D eigenvalue weighted by molar-refractivity contribution is -0.00163. The zero-order chi connectivity index (χ0) is 13.0. The number of methoxy groups -OCH3 is 1. The number of benzene rings is 1. The Hall–Kier alpha value is -0.900. The molecule has 1 aromatic carbocycles. The SMILES string of the molecule is COC1CCN(C(C)c2ccccc2)C(CN)C1. The lowest BCUT2D eigenvalue weighted by Crippen LogP contribution is -2.49. The Labute approximate surface area is 110 Å². The maximum Gasteiger partial charge on any atom is 0.0599 e. The molecule has 0 saturated carbocycles. The monoisotopic (exact) mass is 248 g/mol. The molecule has 0 radical (unpaired) electrons. The molecule has 2 rings (SSSR count). The third kappa shape index (κ3) is 2.91. The van der Waals surface area contributed by atoms with Crippen LogP contribution in [0, 0.1) is 0 Å². The maximum absolute atomic E-state index is 5.93. The van der Waals surface area contributed by atoms with Crippen molar-refractivity contribution in [3.05, 3.63) is 35.9 Å². The molecular weight excluding hydrogens is 224 g/mol. The van der Waals surface area contributed by atoms with E-state index in [4.69, 9.17) is 10.5 Å². The van der Waals surface area contributed by atoms with E-state index in [1.807, 2.05) is 0 Å². The zero-order valence-corrected chi connectivity index (χ0v) is 11.4. The highest BCUT2D eigenvalue weighted by Gasteiger charge is 2.30. The fourth-order valence-electron chi connectivity index (χ4n) is 2.91. The van der Waals surface area contributed by atoms with Gasteiger partial charge in [0.1, 0.15) is 0 Å². The van der Waals surface area contributed by atoms with Gasteiger partial charge in [0.2, 0.25) is 0 Å². The molecule has 1 aliphatic rings. The minimum absolute atomic E-state index is 0.373. The molecule has 1 aromatic rings. The Morgan fingerprint density at radius 2 is 2.11 bits per heavy atom. The van der Waals surface area contributed by atoms with Gasteiger partial charge < -0.3 is 10.5 Å². The fraction of sp³-hybridized carbons (Fsp3) is 0.600. The van der Waals surface area contributed by atoms with Crippen LogP contribution in [0.25, 0.3) is 0 Å². The summed E-state index contributed by atoms with van der Waals surface area (Å²) in [5.74, 6) is 0. The molecule has 0 bridgehead atoms. The molecule has 2 N–H and O–H groups in total. The predicted octanol–water partition coefficient (Wildman–Crippen LogP) is 2.19. The standard InChI is InChI=1S/C15H24N2O/c1-12(13-6-4-3-5-7-13)17-9-8-15(18-2)10-14(17)11-16/h3-7,12,14-15H,8-11,16H2,1-2H3. The first-order chi connectivity index (χ1) is 8.76. The highest BCUT2D eigenvalue weighted by molar-refractivity contribution is 5.18. The molecule has 1 heterocycles. The molecule has 18 heavy (non-hydrogen) atoms. The summed E-state index contributed by atoms with van der Waals surface area (Å²) in [5.41, 5.74) is 7.30. The molecule has 1 aliphatic heterocycles. The van der Waals surface area contributed by atoms with E-state index in [-0.39, 0.29) is 0 Å². The van der Waals surface area contributed by atoms with Crippen LogP contribution in [0.4, 0.5) is 0 Å². The highest BCUT2D eigenvalue weighted by atomic mass is 16.5. The summed E-state index contributed by atoms with van der Waals surface area (Å²) < 4.78 is 5.47. The molecule has 0 aromatic heterocycles. The van der Waals surface area contributed by atoms with Gasteiger partial charge in [0.05, 0.1) is 6.10 Å². The first-order valence-corrected chi connectivity index (χ1v) is 6.79. The van der Waals surface area contributed by atoms with Crippen LogP contribution in [0.1, 0.15) is 31.4 Å². The molecule has 3 heteroatoms. The van der Waals surface area contributed by atoms with E-state index < -0.39 is 0 Å². The van der Waals surface area contributed by atoms with Crippen LogP contribution >= 0.6 is 0 Å². The van der Waals surface area contributed by atoms with Crippen LogP contribution in [0.5, 0.6) is 0 Å². The van der Waals surface area contributed by atoms with Gasteiger partial charge in [-0.1, -0.05) is 30.3 Å². The Kier molecular flexibility index (Phi) is 4.75. The van der Waals surface area contributed by atoms with E-state index in [9.17, 15) is 0 Å². The Balaban J connectivity index is 2.07. The minimum atomic E-state index is 0.373. The van der Waals surface area contributed by atoms with Crippen molar-refractivity contribution in [1.29, 1.82) is 0 Å². The number of hydrogen-bond acceptors (Lipinski definition) is 3. The first-order valence-electron chi connectivity index (χ1n) is 6.79. The Morgan fingerprint density at radius 1 is 1.39 bits per heavy atom. The van der Waals surface area contributed by atoms with Crippen LogP contribution in [0.2, 0.25) is 0 Å². The summed E-state index contributed by atoms with van der Waals surface area (Å²) in [4.78, 5) is 2.52. The smallest absolute Gasteiger partial charge is 0.0599 e. The van der Waals surface area contributed by atoms with Gasteiger partial charge in [-0.15, -0.1) is 0 Å². The second-order valence-corrected chi connectivity index (χ2v) is 5.10. The van der Waals surface area contributed by atoms with E-state index in [2.05, 4.69) is 42.2 Å². The average molecular weight is 248 g/mol. The van der Waals surface area contributed by atoms with Crippen molar-refractivity contribution < 1.29 is 4.74 Å². The normalized spacial score (nSPS) is 27.1. The van der Waals surface area contributed by atoms with Gasteiger partial charge in [-0.05, 0) is 25.3 Å². The first kappa shape index (κ1) is 13.5. The Bertz CT molecular complexity index is 355. The fourth-order valence-corrected chi connectivity index (χ4v) is 2.91. The van der Waals surface area contributed by atoms with Crippen LogP contribution in [0.3, 0.4) is 0 Å². The van der Waals surface area contributed by atoms with Gasteiger partial charge in [-0.2, -0.15) is 0 Å². The van der Waals surface area contributed by atoms with Gasteiger partial charge in [0.25, 0.3) is 0 Å². The summed E-state index contributed by atoms with van der Waals surface area (Å²) >= 11 is 0. The largest absolute Gasteiger partial charge is 0.381 e. The summed E-state index contributed by atoms with van der Waals surface area (Å²) in [5, 5.41) is 0. The van der Waals surface area contributed by atoms with Gasteiger partial charge in [0, 0.05) is 32.3 Å². The molecular formula is C15H24N2O. The van der Waals surface area contributed by atoms with E-state index in [0.29, 0.717) is 24.7 Å². The van der Waals surface area contributed by atoms with E-state index >= 15 is 0 Å². The topological polar surface area (TPSA) is 38.5 Å². The quantitative estimate of drug-likeness (QED) is 0.887. The number of likely N-dealkylation sites (tertiary alicyclic amines) is 1. The lowest BCUT2D eigenvalue weighted by Gasteiger charge is -2.42. The summed E-state index contributed by atoms with van der Waals surface area (Å²) in [6, 6.07) is 11.5. The highest BCUT2D eigenvalue weighted by Crippen LogP contribution is 2.28. The van der Waals surface area contributed by atoms with Gasteiger partial charge in [-0.3, -0.25) is 4.90 Å². The molecule has 1 saturated heterocycles. The summed E-state index contributed by atoms with van der Waals surface area (Å²) in [6.07, 6.45) is 2.52. The second kappa shape index (κ2) is 6.32. The number of ether oxygens (including phenoxy) is 1. The van der Waals surface area contributed by atoms with E-state index in [1.165, 1.54) is 5.56 Å². The van der Waals surface area contributed by atoms with E-state index in [0.717, 1.165) is 19.4 Å². The van der Waals surface area contributed by atoms with Crippen molar-refractivity contribution in [2.24, 2.45) is 5.73 Å². The van der Waals surface area contributed by atoms with Gasteiger partial charge in [0.15, 0.2) is 0 Å². The molecule has 0 amide bonds. The zero-order valence-electron chi connectivity index (χ0n) is 11.4. The number of nitrogens with zero attached hydrogens (tertiary/aromatic N) is 1. The predicted molar refractivity (Wildman–Crippen MR) is 74.4 cm³/mol. The van der Waals surface area contributed by atoms with Gasteiger partial charge >= 0.3 is 0 Å². The molecule has 0 spiro atoms. The molecule has 100 valence electrons. The number of rotatable bonds is 4. The number of hydrogen-bond donors (Lipinski definition) is 1. The Morgan fingerprint density at radius 3 is 2.72 bits per heavy atom. The van der Waals surface area contributed by atoms with Crippen LogP contribution in [-0.2, 0) is 4.74 Å². The number of nitrogens with two attached hydrogens (primary N) is 1. The third-order valence-corrected chi connectivity index (χ3v) is 4.10. The van der Waals surface area contributed by atoms with Crippen molar-refractivity contribution in [3.63, 3.8) is 0 Å². The third-order valence-electron chi connectivity index (χ3n) is 4.10. The van der Waals surface area contributed by atoms with Crippen LogP contribution in [-0.4, -0.2) is 37.2 Å². The molecule has 0 aliphatic carbocycles. The lowest BCUT2D eigenvalue weighted by atomic mass is 9.95. The van der Waals surface area contributed by atoms with Crippen molar-refractivity contribution >= 4 is 0 Å². The van der Waals surface area contributed by atoms with Crippen molar-refractivity contribution in [1.82, 2.24) is 4.90 Å². The molecule has 3 nitrogen and oxygen atoms in total. The summed E-state index contributed by atoms with van der Waals surface area (Å²) in [6.45, 7) is 4.04. The maximum atomic E-state index is 5.93. The number of piperidine rings is 1. The summed E-state index contributed by atoms with van der Waals surface area (Å²) in [7, 11) is 1.80. The van der Waals surface area contributed by atoms with E-state index in [1.54, 1.807) is 7.11 Å². The molecule has 3 unspecified atom stereocenters. The average Bonchev–Trinajstić information content (AvgIpc) is 2.46. The van der Waals surface area contributed by atoms with Crippen molar-refractivity contribution in [3.8, 4) is 0 Å². The van der Waals surface area contributed by atoms with Gasteiger partial charge in [-0.25, -0.2) is 0 Å². The molecule has 1 fully saturated rings. The van der Waals surface area contributed by atoms with Crippen LogP contribution in [0.15, 0.2) is 30.3 Å². The molecule has 3 atom stereocenters. The second-order valence-electron chi connectivity index (χ2n) is 5.10. The van der Waals surface area contributed by atoms with Crippen molar-refractivity contribution in [2.45, 2.75) is 38.0 Å². The minimum Gasteiger partial charge on any atom is -0.381 e. The van der Waals surface area contributed by atoms with Crippen LogP contribution < -0.4 is 5.73 Å². The van der Waals surface area contributed by atoms with Crippen molar-refractivity contribution in [2.75, 3.05) is 20.2 Å².